The molecular weight excluding hydrogens is 386 g/mol. The van der Waals surface area contributed by atoms with Crippen LogP contribution in [-0.4, -0.2) is 39.6 Å². The molecule has 0 radical (unpaired) electrons. The Labute approximate surface area is 184 Å². The van der Waals surface area contributed by atoms with Crippen molar-refractivity contribution in [2.24, 2.45) is 0 Å². The molecule has 5 rings (SSSR count). The van der Waals surface area contributed by atoms with Gasteiger partial charge in [0.1, 0.15) is 11.6 Å². The number of aromatic nitrogens is 2. The van der Waals surface area contributed by atoms with Crippen molar-refractivity contribution in [1.82, 2.24) is 14.5 Å². The zero-order valence-corrected chi connectivity index (χ0v) is 18.3. The van der Waals surface area contributed by atoms with Crippen LogP contribution < -0.4 is 4.74 Å². The van der Waals surface area contributed by atoms with Crippen molar-refractivity contribution >= 4 is 16.9 Å². The average molecular weight is 418 g/mol. The summed E-state index contributed by atoms with van der Waals surface area (Å²) in [5.74, 6) is 2.46. The average Bonchev–Trinajstić information content (AvgIpc) is 3.51. The van der Waals surface area contributed by atoms with Crippen molar-refractivity contribution in [3.8, 4) is 5.75 Å². The molecule has 1 amide bonds. The number of nitrogens with zero attached hydrogens (tertiary/aromatic N) is 3. The highest BCUT2D eigenvalue weighted by Crippen LogP contribution is 2.35. The van der Waals surface area contributed by atoms with Gasteiger partial charge in [0, 0.05) is 31.5 Å². The molecule has 1 saturated carbocycles. The molecule has 0 N–H and O–H groups in total. The highest BCUT2D eigenvalue weighted by molar-refractivity contribution is 5.81. The minimum absolute atomic E-state index is 0.179. The fourth-order valence-corrected chi connectivity index (χ4v) is 5.16. The fraction of sp³-hybridized carbons (Fsp3) is 0.462. The molecule has 162 valence electrons. The Bertz CT molecular complexity index is 1050. The molecule has 3 aromatic rings. The van der Waals surface area contributed by atoms with E-state index < -0.39 is 0 Å². The van der Waals surface area contributed by atoms with Gasteiger partial charge >= 0.3 is 0 Å². The second kappa shape index (κ2) is 8.74. The molecule has 2 heterocycles. The monoisotopic (exact) mass is 417 g/mol. The van der Waals surface area contributed by atoms with E-state index >= 15 is 0 Å². The first-order valence-corrected chi connectivity index (χ1v) is 11.6. The molecule has 5 nitrogen and oxygen atoms in total. The summed E-state index contributed by atoms with van der Waals surface area (Å²) in [6.07, 6.45) is 6.29. The van der Waals surface area contributed by atoms with Gasteiger partial charge in [-0.1, -0.05) is 42.7 Å². The van der Waals surface area contributed by atoms with E-state index in [9.17, 15) is 4.79 Å². The number of carbonyl (C=O) groups excluding carboxylic acids is 1. The number of likely N-dealkylation sites (tertiary alicyclic amines) is 1. The molecule has 5 heteroatoms. The molecule has 2 aliphatic rings. The number of benzene rings is 2. The van der Waals surface area contributed by atoms with E-state index in [1.165, 1.54) is 18.4 Å². The van der Waals surface area contributed by atoms with Crippen LogP contribution in [-0.2, 0) is 11.3 Å². The van der Waals surface area contributed by atoms with Gasteiger partial charge in [-0.2, -0.15) is 0 Å². The first kappa shape index (κ1) is 20.1. The number of imidazole rings is 1. The number of fused-ring (bicyclic) bond motifs is 1. The number of amides is 1. The Kier molecular flexibility index (Phi) is 5.66. The Morgan fingerprint density at radius 3 is 2.65 bits per heavy atom. The van der Waals surface area contributed by atoms with Crippen LogP contribution in [0.25, 0.3) is 11.0 Å². The molecule has 1 unspecified atom stereocenters. The molecule has 1 aliphatic heterocycles. The maximum atomic E-state index is 12.8. The normalized spacial score (nSPS) is 19.6. The molecule has 1 saturated heterocycles. The summed E-state index contributed by atoms with van der Waals surface area (Å²) >= 11 is 0. The zero-order valence-electron chi connectivity index (χ0n) is 18.3. The lowest BCUT2D eigenvalue weighted by Crippen LogP contribution is -2.34. The number of ether oxygens (including phenoxy) is 1. The predicted octanol–water partition coefficient (Wildman–Crippen LogP) is 5.07. The van der Waals surface area contributed by atoms with Gasteiger partial charge < -0.3 is 14.2 Å². The van der Waals surface area contributed by atoms with Crippen LogP contribution in [0.4, 0.5) is 0 Å². The molecule has 0 bridgehead atoms. The number of para-hydroxylation sites is 2. The summed E-state index contributed by atoms with van der Waals surface area (Å²) in [7, 11) is 0. The second-order valence-corrected chi connectivity index (χ2v) is 9.01. The van der Waals surface area contributed by atoms with E-state index in [0.717, 1.165) is 55.0 Å². The van der Waals surface area contributed by atoms with Crippen LogP contribution in [0.1, 0.15) is 55.8 Å². The first-order chi connectivity index (χ1) is 15.2. The lowest BCUT2D eigenvalue weighted by Gasteiger charge is -2.24. The Morgan fingerprint density at radius 2 is 1.84 bits per heavy atom. The van der Waals surface area contributed by atoms with Gasteiger partial charge in [0.25, 0.3) is 0 Å². The van der Waals surface area contributed by atoms with Gasteiger partial charge in [0.2, 0.25) is 5.91 Å². The third-order valence-electron chi connectivity index (χ3n) is 6.79. The number of carbonyl (C=O) groups is 1. The van der Waals surface area contributed by atoms with E-state index in [4.69, 9.17) is 9.72 Å². The maximum absolute atomic E-state index is 12.8. The van der Waals surface area contributed by atoms with Gasteiger partial charge in [-0.05, 0) is 50.5 Å². The highest BCUT2D eigenvalue weighted by Gasteiger charge is 2.38. The topological polar surface area (TPSA) is 47.4 Å². The van der Waals surface area contributed by atoms with Gasteiger partial charge in [-0.15, -0.1) is 0 Å². The zero-order chi connectivity index (χ0) is 21.2. The molecule has 1 aromatic heterocycles. The predicted molar refractivity (Wildman–Crippen MR) is 122 cm³/mol. The maximum Gasteiger partial charge on any atom is 0.223 e. The SMILES string of the molecule is Cc1ccc(OCCCn2c(C3CC(=O)N(C4CCCC4)C3)nc3ccccc32)cc1. The number of hydrogen-bond donors (Lipinski definition) is 0. The minimum Gasteiger partial charge on any atom is -0.494 e. The van der Waals surface area contributed by atoms with Crippen LogP contribution in [0.5, 0.6) is 5.75 Å². The lowest BCUT2D eigenvalue weighted by atomic mass is 10.1. The van der Waals surface area contributed by atoms with Gasteiger partial charge in [0.15, 0.2) is 0 Å². The molecule has 2 aromatic carbocycles. The molecule has 2 fully saturated rings. The Hall–Kier alpha value is -2.82. The molecule has 1 atom stereocenters. The van der Waals surface area contributed by atoms with E-state index in [1.54, 1.807) is 0 Å². The highest BCUT2D eigenvalue weighted by atomic mass is 16.5. The Morgan fingerprint density at radius 1 is 1.06 bits per heavy atom. The summed E-state index contributed by atoms with van der Waals surface area (Å²) in [6, 6.07) is 16.9. The lowest BCUT2D eigenvalue weighted by molar-refractivity contribution is -0.129. The van der Waals surface area contributed by atoms with Crippen molar-refractivity contribution in [2.75, 3.05) is 13.2 Å². The van der Waals surface area contributed by atoms with Crippen molar-refractivity contribution in [3.63, 3.8) is 0 Å². The molecule has 1 aliphatic carbocycles. The summed E-state index contributed by atoms with van der Waals surface area (Å²) < 4.78 is 8.27. The van der Waals surface area contributed by atoms with Gasteiger partial charge in [-0.25, -0.2) is 4.98 Å². The molecule has 31 heavy (non-hydrogen) atoms. The first-order valence-electron chi connectivity index (χ1n) is 11.6. The Balaban J connectivity index is 1.31. The summed E-state index contributed by atoms with van der Waals surface area (Å²) in [6.45, 7) is 4.40. The summed E-state index contributed by atoms with van der Waals surface area (Å²) in [5.41, 5.74) is 3.41. The van der Waals surface area contributed by atoms with Gasteiger partial charge in [0.05, 0.1) is 17.6 Å². The fourth-order valence-electron chi connectivity index (χ4n) is 5.16. The van der Waals surface area contributed by atoms with E-state index in [0.29, 0.717) is 25.0 Å². The van der Waals surface area contributed by atoms with Crippen molar-refractivity contribution in [1.29, 1.82) is 0 Å². The molecular formula is C26H31N3O2. The van der Waals surface area contributed by atoms with Crippen molar-refractivity contribution < 1.29 is 9.53 Å². The smallest absolute Gasteiger partial charge is 0.223 e. The summed E-state index contributed by atoms with van der Waals surface area (Å²) in [5, 5.41) is 0. The van der Waals surface area contributed by atoms with E-state index in [1.807, 2.05) is 18.2 Å². The van der Waals surface area contributed by atoms with Gasteiger partial charge in [-0.3, -0.25) is 4.79 Å². The van der Waals surface area contributed by atoms with E-state index in [-0.39, 0.29) is 5.92 Å². The van der Waals surface area contributed by atoms with Crippen molar-refractivity contribution in [3.05, 3.63) is 59.9 Å². The van der Waals surface area contributed by atoms with Crippen LogP contribution in [0.15, 0.2) is 48.5 Å². The summed E-state index contributed by atoms with van der Waals surface area (Å²) in [4.78, 5) is 19.9. The van der Waals surface area contributed by atoms with Crippen LogP contribution >= 0.6 is 0 Å². The quantitative estimate of drug-likeness (QED) is 0.504. The third kappa shape index (κ3) is 4.18. The van der Waals surface area contributed by atoms with Crippen LogP contribution in [0, 0.1) is 6.92 Å². The number of rotatable bonds is 7. The third-order valence-corrected chi connectivity index (χ3v) is 6.79. The standard InChI is InChI=1S/C26H31N3O2/c1-19-11-13-22(14-12-19)31-16-6-15-28-24-10-5-4-9-23(24)27-26(28)20-17-25(30)29(18-20)21-7-2-3-8-21/h4-5,9-14,20-21H,2-3,6-8,15-18H2,1H3. The van der Waals surface area contributed by atoms with E-state index in [2.05, 4.69) is 46.7 Å². The van der Waals surface area contributed by atoms with Crippen LogP contribution in [0.2, 0.25) is 0 Å². The minimum atomic E-state index is 0.179. The van der Waals surface area contributed by atoms with Crippen LogP contribution in [0.3, 0.4) is 0 Å². The largest absolute Gasteiger partial charge is 0.494 e. The second-order valence-electron chi connectivity index (χ2n) is 9.01. The number of hydrogen-bond acceptors (Lipinski definition) is 3. The molecule has 0 spiro atoms. The van der Waals surface area contributed by atoms with Crippen molar-refractivity contribution in [2.45, 2.75) is 64.0 Å². The number of aryl methyl sites for hydroxylation is 2.